The van der Waals surface area contributed by atoms with Crippen molar-refractivity contribution in [2.45, 2.75) is 211 Å². The fourth-order valence-electron chi connectivity index (χ4n) is 16.8. The summed E-state index contributed by atoms with van der Waals surface area (Å²) in [7, 11) is 0. The van der Waals surface area contributed by atoms with E-state index in [1.54, 1.807) is 0 Å². The normalized spacial score (nSPS) is 22.2. The zero-order chi connectivity index (χ0) is 65.1. The average molecular weight is 1280 g/mol. The molecule has 498 valence electrons. The number of hydrogen-bond donors (Lipinski definition) is 0. The summed E-state index contributed by atoms with van der Waals surface area (Å²) in [6.07, 6.45) is 36.9. The lowest BCUT2D eigenvalue weighted by atomic mass is 9.70. The van der Waals surface area contributed by atoms with Gasteiger partial charge in [-0.2, -0.15) is 0 Å². The fraction of sp³-hybridized carbons (Fsp3) is 0.482. The zero-order valence-corrected chi connectivity index (χ0v) is 56.5. The lowest BCUT2D eigenvalue weighted by Crippen LogP contribution is -2.35. The molecule has 10 nitrogen and oxygen atoms in total. The van der Waals surface area contributed by atoms with Crippen LogP contribution in [0.3, 0.4) is 0 Å². The van der Waals surface area contributed by atoms with Crippen LogP contribution in [0.1, 0.15) is 192 Å². The Morgan fingerprint density at radius 1 is 0.326 bits per heavy atom. The van der Waals surface area contributed by atoms with Crippen molar-refractivity contribution in [3.8, 4) is 67.1 Å². The quantitative estimate of drug-likeness (QED) is 0.0214. The van der Waals surface area contributed by atoms with E-state index in [4.69, 9.17) is 18.9 Å². The zero-order valence-electron chi connectivity index (χ0n) is 56.5. The first-order valence-corrected chi connectivity index (χ1v) is 37.1. The summed E-state index contributed by atoms with van der Waals surface area (Å²) >= 11 is 0. The predicted molar refractivity (Wildman–Crippen MR) is 380 cm³/mol. The lowest BCUT2D eigenvalue weighted by molar-refractivity contribution is -0.144. The Morgan fingerprint density at radius 3 is 0.937 bits per heavy atom. The number of ether oxygens (including phenoxy) is 4. The molecule has 8 atom stereocenters. The van der Waals surface area contributed by atoms with Crippen LogP contribution >= 0.6 is 0 Å². The van der Waals surface area contributed by atoms with Crippen molar-refractivity contribution in [3.05, 3.63) is 169 Å². The summed E-state index contributed by atoms with van der Waals surface area (Å²) in [5.41, 5.74) is 15.6. The number of fused-ring (bicyclic) bond motifs is 13. The fourth-order valence-corrected chi connectivity index (χ4v) is 16.8. The lowest BCUT2D eigenvalue weighted by Gasteiger charge is -2.33. The topological polar surface area (TPSA) is 112 Å². The summed E-state index contributed by atoms with van der Waals surface area (Å²) in [6.45, 7) is 7.04. The molecule has 6 aromatic carbocycles. The van der Waals surface area contributed by atoms with Gasteiger partial charge in [0.15, 0.2) is 0 Å². The van der Waals surface area contributed by atoms with Crippen LogP contribution in [-0.4, -0.2) is 84.1 Å². The highest BCUT2D eigenvalue weighted by atomic mass is 16.5. The van der Waals surface area contributed by atoms with E-state index in [9.17, 15) is 19.2 Å². The molecule has 0 N–H and O–H groups in total. The highest BCUT2D eigenvalue weighted by Crippen LogP contribution is 2.56. The van der Waals surface area contributed by atoms with Crippen molar-refractivity contribution in [2.75, 3.05) is 26.3 Å². The van der Waals surface area contributed by atoms with E-state index >= 15 is 0 Å². The van der Waals surface area contributed by atoms with Crippen molar-refractivity contribution >= 4 is 23.6 Å². The summed E-state index contributed by atoms with van der Waals surface area (Å²) in [5.74, 6) is 0.401. The highest BCUT2D eigenvalue weighted by molar-refractivity contribution is 6.07. The monoisotopic (exact) mass is 1280 g/mol. The van der Waals surface area contributed by atoms with Gasteiger partial charge in [-0.05, 0) is 142 Å². The second-order valence-electron chi connectivity index (χ2n) is 28.4. The third kappa shape index (κ3) is 14.5. The van der Waals surface area contributed by atoms with Gasteiger partial charge in [-0.15, -0.1) is 0 Å². The molecule has 1 aliphatic carbocycles. The number of likely N-dealkylation sites (tertiary alicyclic amines) is 2. The number of unbranched alkanes of at least 4 members (excludes halogenated alkanes) is 20. The van der Waals surface area contributed by atoms with Crippen LogP contribution in [0.4, 0.5) is 0 Å². The molecule has 10 heteroatoms. The molecule has 6 aromatic rings. The second kappa shape index (κ2) is 31.2. The minimum absolute atomic E-state index is 0.0404. The SMILES string of the molecule is CCCCCCCCC1(CCCCCCCC)c2cc(-c3ccc(-c4ccc(OCCCCCCCCN5C(=O)C6C7C=CC(O7)C6C5=O)cc4)cc3)ccc2-c2ccc(-c3ccc(-c4ccc(OCCCCCCCCN5C(=O)C6C7C=CC(O7)C6C5=O)cc4)cc3)cc21. The largest absolute Gasteiger partial charge is 0.494 e. The Bertz CT molecular complexity index is 3360. The maximum Gasteiger partial charge on any atom is 0.236 e. The van der Waals surface area contributed by atoms with Gasteiger partial charge in [0.25, 0.3) is 0 Å². The Kier molecular flexibility index (Phi) is 21.8. The molecule has 4 bridgehead atoms. The molecule has 6 heterocycles. The number of benzene rings is 6. The third-order valence-electron chi connectivity index (χ3n) is 22.2. The average Bonchev–Trinajstić information content (AvgIpc) is 1.57. The van der Waals surface area contributed by atoms with Gasteiger partial charge in [-0.3, -0.25) is 29.0 Å². The number of carbonyl (C=O) groups is 4. The molecule has 7 aliphatic rings. The van der Waals surface area contributed by atoms with E-state index < -0.39 is 0 Å². The van der Waals surface area contributed by atoms with Crippen LogP contribution in [0.15, 0.2) is 158 Å². The Hall–Kier alpha value is -7.40. The Balaban J connectivity index is 0.605. The summed E-state index contributed by atoms with van der Waals surface area (Å²) in [4.78, 5) is 54.8. The molecular formula is C85H100N2O8. The highest BCUT2D eigenvalue weighted by Gasteiger charge is 2.61. The predicted octanol–water partition coefficient (Wildman–Crippen LogP) is 19.4. The van der Waals surface area contributed by atoms with E-state index in [0.717, 1.165) is 101 Å². The Labute approximate surface area is 565 Å². The molecule has 4 saturated heterocycles. The van der Waals surface area contributed by atoms with E-state index in [2.05, 4.69) is 147 Å². The molecule has 0 radical (unpaired) electrons. The van der Waals surface area contributed by atoms with Crippen LogP contribution in [0.2, 0.25) is 0 Å². The van der Waals surface area contributed by atoms with Crippen molar-refractivity contribution in [1.82, 2.24) is 9.80 Å². The van der Waals surface area contributed by atoms with Gasteiger partial charge >= 0.3 is 0 Å². The van der Waals surface area contributed by atoms with Gasteiger partial charge in [-0.1, -0.05) is 264 Å². The number of amides is 4. The molecule has 95 heavy (non-hydrogen) atoms. The third-order valence-corrected chi connectivity index (χ3v) is 22.2. The number of hydrogen-bond acceptors (Lipinski definition) is 8. The van der Waals surface area contributed by atoms with Crippen LogP contribution in [0, 0.1) is 23.7 Å². The summed E-state index contributed by atoms with van der Waals surface area (Å²) < 4.78 is 24.0. The molecule has 0 aromatic heterocycles. The summed E-state index contributed by atoms with van der Waals surface area (Å²) in [6, 6.07) is 50.2. The van der Waals surface area contributed by atoms with Crippen LogP contribution in [0.5, 0.6) is 11.5 Å². The summed E-state index contributed by atoms with van der Waals surface area (Å²) in [5, 5.41) is 0. The van der Waals surface area contributed by atoms with Crippen LogP contribution < -0.4 is 9.47 Å². The van der Waals surface area contributed by atoms with Crippen LogP contribution in [-0.2, 0) is 34.1 Å². The van der Waals surface area contributed by atoms with Gasteiger partial charge in [0.05, 0.1) is 61.3 Å². The molecular weight excluding hydrogens is 1180 g/mol. The first kappa shape index (κ1) is 66.2. The molecule has 6 aliphatic heterocycles. The number of nitrogens with zero attached hydrogens (tertiary/aromatic N) is 2. The van der Waals surface area contributed by atoms with E-state index in [0.29, 0.717) is 26.3 Å². The maximum atomic E-state index is 13.0. The molecule has 4 fully saturated rings. The Morgan fingerprint density at radius 2 is 0.600 bits per heavy atom. The van der Waals surface area contributed by atoms with E-state index in [1.165, 1.54) is 154 Å². The van der Waals surface area contributed by atoms with Crippen molar-refractivity contribution < 1.29 is 38.1 Å². The van der Waals surface area contributed by atoms with Gasteiger partial charge in [0.2, 0.25) is 23.6 Å². The van der Waals surface area contributed by atoms with Crippen molar-refractivity contribution in [3.63, 3.8) is 0 Å². The van der Waals surface area contributed by atoms with E-state index in [1.807, 2.05) is 24.3 Å². The molecule has 0 saturated carbocycles. The van der Waals surface area contributed by atoms with Crippen molar-refractivity contribution in [2.24, 2.45) is 23.7 Å². The van der Waals surface area contributed by atoms with Gasteiger partial charge in [0.1, 0.15) is 11.5 Å². The first-order chi connectivity index (χ1) is 46.7. The molecule has 8 unspecified atom stereocenters. The standard InChI is InChI=1S/C85H100N2O8/c1-3-5-7-9-15-21-51-85(52-22-16-10-8-6-4-2)71-57-65(63-31-27-59(28-32-63)61-35-41-67(42-36-61)92-55-25-19-13-11-17-23-53-86-81(88)77-73-47-48-74(94-73)78(77)82(86)89)39-45-69(71)70-46-40-66(58-72(70)85)64-33-29-60(30-34-64)62-37-43-68(44-38-62)93-56-26-20-14-12-18-24-54-87-83(90)79-75-49-50-76(95-75)80(79)84(87)91/h27-50,57-58,73-80H,3-26,51-56H2,1-2H3. The minimum Gasteiger partial charge on any atom is -0.494 e. The van der Waals surface area contributed by atoms with Gasteiger partial charge in [-0.25, -0.2) is 0 Å². The second-order valence-corrected chi connectivity index (χ2v) is 28.4. The molecule has 4 amide bonds. The maximum absolute atomic E-state index is 13.0. The van der Waals surface area contributed by atoms with Crippen molar-refractivity contribution in [1.29, 1.82) is 0 Å². The number of carbonyl (C=O) groups excluding carboxylic acids is 4. The van der Waals surface area contributed by atoms with Crippen LogP contribution in [0.25, 0.3) is 55.6 Å². The minimum atomic E-state index is -0.306. The number of rotatable bonds is 38. The number of imide groups is 2. The van der Waals surface area contributed by atoms with Gasteiger partial charge in [0, 0.05) is 18.5 Å². The first-order valence-electron chi connectivity index (χ1n) is 37.1. The molecule has 13 rings (SSSR count). The van der Waals surface area contributed by atoms with E-state index in [-0.39, 0.29) is 77.1 Å². The van der Waals surface area contributed by atoms with Gasteiger partial charge < -0.3 is 18.9 Å². The molecule has 0 spiro atoms. The smallest absolute Gasteiger partial charge is 0.236 e.